The second kappa shape index (κ2) is 12.9. The molecule has 2 saturated heterocycles. The molecule has 2 heterocycles. The molecule has 4 aromatic rings. The van der Waals surface area contributed by atoms with Crippen LogP contribution in [0.15, 0.2) is 89.8 Å². The molecule has 1 aliphatic carbocycles. The van der Waals surface area contributed by atoms with Gasteiger partial charge in [-0.3, -0.25) is 4.79 Å². The molecule has 1 amide bonds. The van der Waals surface area contributed by atoms with Crippen molar-refractivity contribution in [3.63, 3.8) is 0 Å². The van der Waals surface area contributed by atoms with Crippen molar-refractivity contribution in [2.24, 2.45) is 5.92 Å². The quantitative estimate of drug-likeness (QED) is 0.194. The predicted octanol–water partition coefficient (Wildman–Crippen LogP) is 8.20. The number of amides is 1. The number of sulfonamides is 1. The van der Waals surface area contributed by atoms with Crippen molar-refractivity contribution in [3.05, 3.63) is 96.3 Å². The topological polar surface area (TPSA) is 75.7 Å². The van der Waals surface area contributed by atoms with Gasteiger partial charge in [-0.05, 0) is 116 Å². The number of benzene rings is 4. The van der Waals surface area contributed by atoms with Crippen molar-refractivity contribution < 1.29 is 31.1 Å². The lowest BCUT2D eigenvalue weighted by atomic mass is 9.90. The van der Waals surface area contributed by atoms with Crippen LogP contribution < -0.4 is 9.46 Å². The van der Waals surface area contributed by atoms with Crippen LogP contribution in [0.1, 0.15) is 63.9 Å². The molecule has 7 rings (SSSR count). The average Bonchev–Trinajstić information content (AvgIpc) is 3.68. The highest BCUT2D eigenvalue weighted by Crippen LogP contribution is 2.42. The number of carbonyl (C=O) groups excluding carboxylic acids is 1. The maximum atomic E-state index is 16.6. The molecule has 4 aromatic carbocycles. The fourth-order valence-corrected chi connectivity index (χ4v) is 9.02. The third-order valence-corrected chi connectivity index (χ3v) is 11.7. The molecule has 0 aromatic heterocycles. The number of hydrogen-bond acceptors (Lipinski definition) is 4. The molecule has 10 heteroatoms. The molecule has 3 aliphatic rings. The SMILES string of the molecule is CC1CC2CCC(C1)N2C(=O)C(NS(=O)(=O)c1ccc2cc(OC3CCCC3)ccc2c1)C(F)(F)c1ccc(-c2ccc(F)cc2)cc1. The molecule has 3 unspecified atom stereocenters. The smallest absolute Gasteiger partial charge is 0.298 e. The number of alkyl halides is 2. The summed E-state index contributed by atoms with van der Waals surface area (Å²) in [6, 6.07) is 18.0. The standard InChI is InChI=1S/C38H39F3N2O4S/c1-24-20-31-16-17-32(21-24)43(31)37(44)36(38(40,41)29-12-6-25(7-13-29)26-8-14-30(39)15-9-26)42-48(45,46)35-19-11-27-22-34(18-10-28(27)23-35)47-33-4-2-3-5-33/h6-15,18-19,22-24,31-33,36,42H,2-5,16-17,20-21H2,1H3. The van der Waals surface area contributed by atoms with Crippen LogP contribution in [0.5, 0.6) is 5.75 Å². The molecule has 3 atom stereocenters. The van der Waals surface area contributed by atoms with E-state index in [0.717, 1.165) is 31.1 Å². The normalized spacial score (nSPS) is 22.2. The summed E-state index contributed by atoms with van der Waals surface area (Å²) in [5, 5.41) is 1.35. The van der Waals surface area contributed by atoms with Crippen LogP contribution in [0.3, 0.4) is 0 Å². The van der Waals surface area contributed by atoms with E-state index in [1.54, 1.807) is 30.3 Å². The van der Waals surface area contributed by atoms with Crippen LogP contribution in [0, 0.1) is 11.7 Å². The van der Waals surface area contributed by atoms with Crippen LogP contribution in [-0.4, -0.2) is 43.5 Å². The van der Waals surface area contributed by atoms with Gasteiger partial charge >= 0.3 is 0 Å². The lowest BCUT2D eigenvalue weighted by Crippen LogP contribution is -2.59. The molecular weight excluding hydrogens is 637 g/mol. The number of fused-ring (bicyclic) bond motifs is 3. The van der Waals surface area contributed by atoms with Gasteiger partial charge in [0.1, 0.15) is 11.6 Å². The van der Waals surface area contributed by atoms with E-state index in [1.807, 2.05) is 6.07 Å². The highest BCUT2D eigenvalue weighted by Gasteiger charge is 2.53. The molecular formula is C38H39F3N2O4S. The number of rotatable bonds is 9. The van der Waals surface area contributed by atoms with Gasteiger partial charge < -0.3 is 9.64 Å². The summed E-state index contributed by atoms with van der Waals surface area (Å²) in [6.07, 6.45) is 7.23. The Kier molecular flexibility index (Phi) is 8.74. The van der Waals surface area contributed by atoms with Crippen molar-refractivity contribution in [1.82, 2.24) is 9.62 Å². The number of nitrogens with one attached hydrogen (secondary N) is 1. The number of carbonyl (C=O) groups is 1. The van der Waals surface area contributed by atoms with E-state index in [0.29, 0.717) is 53.9 Å². The summed E-state index contributed by atoms with van der Waals surface area (Å²) < 4.78 is 82.7. The van der Waals surface area contributed by atoms with Gasteiger partial charge in [0.15, 0.2) is 6.04 Å². The number of nitrogens with zero attached hydrogens (tertiary/aromatic N) is 1. The fraction of sp³-hybridized carbons (Fsp3) is 0.395. The van der Waals surface area contributed by atoms with E-state index in [1.165, 1.54) is 53.4 Å². The third kappa shape index (κ3) is 6.44. The first-order valence-electron chi connectivity index (χ1n) is 16.8. The van der Waals surface area contributed by atoms with E-state index < -0.39 is 39.3 Å². The second-order valence-corrected chi connectivity index (χ2v) is 15.4. The predicted molar refractivity (Wildman–Crippen MR) is 179 cm³/mol. The maximum Gasteiger partial charge on any atom is 0.298 e. The van der Waals surface area contributed by atoms with Crippen molar-refractivity contribution >= 4 is 26.7 Å². The van der Waals surface area contributed by atoms with E-state index in [2.05, 4.69) is 11.6 Å². The van der Waals surface area contributed by atoms with Crippen LogP contribution in [-0.2, 0) is 20.7 Å². The Bertz CT molecular complexity index is 1900. The van der Waals surface area contributed by atoms with Gasteiger partial charge in [0.05, 0.1) is 11.0 Å². The van der Waals surface area contributed by atoms with Crippen LogP contribution in [0.25, 0.3) is 21.9 Å². The summed E-state index contributed by atoms with van der Waals surface area (Å²) in [5.74, 6) is -4.18. The number of hydrogen-bond donors (Lipinski definition) is 1. The number of halogens is 3. The van der Waals surface area contributed by atoms with Crippen LogP contribution in [0.4, 0.5) is 13.2 Å². The lowest BCUT2D eigenvalue weighted by molar-refractivity contribution is -0.149. The zero-order chi connectivity index (χ0) is 33.6. The van der Waals surface area contributed by atoms with E-state index >= 15 is 8.78 Å². The van der Waals surface area contributed by atoms with Gasteiger partial charge in [0.2, 0.25) is 15.9 Å². The molecule has 3 fully saturated rings. The maximum absolute atomic E-state index is 16.6. The summed E-state index contributed by atoms with van der Waals surface area (Å²) in [4.78, 5) is 15.5. The van der Waals surface area contributed by atoms with Gasteiger partial charge in [-0.15, -0.1) is 0 Å². The van der Waals surface area contributed by atoms with Gasteiger partial charge in [-0.25, -0.2) is 12.8 Å². The first-order chi connectivity index (χ1) is 23.0. The Morgan fingerprint density at radius 3 is 2.06 bits per heavy atom. The molecule has 1 saturated carbocycles. The molecule has 48 heavy (non-hydrogen) atoms. The number of ether oxygens (including phenoxy) is 1. The molecule has 2 aliphatic heterocycles. The Balaban J connectivity index is 1.20. The number of piperidine rings is 1. The summed E-state index contributed by atoms with van der Waals surface area (Å²) >= 11 is 0. The minimum atomic E-state index is -4.58. The van der Waals surface area contributed by atoms with Crippen molar-refractivity contribution in [3.8, 4) is 16.9 Å². The Morgan fingerprint density at radius 2 is 1.42 bits per heavy atom. The summed E-state index contributed by atoms with van der Waals surface area (Å²) in [5.41, 5.74) is 0.710. The van der Waals surface area contributed by atoms with Gasteiger partial charge in [0, 0.05) is 17.6 Å². The fourth-order valence-electron chi connectivity index (χ4n) is 7.80. The van der Waals surface area contributed by atoms with E-state index in [-0.39, 0.29) is 23.1 Å². The summed E-state index contributed by atoms with van der Waals surface area (Å²) in [7, 11) is -4.58. The first-order valence-corrected chi connectivity index (χ1v) is 18.3. The Hall–Kier alpha value is -3.89. The highest BCUT2D eigenvalue weighted by molar-refractivity contribution is 7.89. The Morgan fingerprint density at radius 1 is 0.833 bits per heavy atom. The summed E-state index contributed by atoms with van der Waals surface area (Å²) in [6.45, 7) is 2.09. The highest BCUT2D eigenvalue weighted by atomic mass is 32.2. The van der Waals surface area contributed by atoms with Crippen molar-refractivity contribution in [1.29, 1.82) is 0 Å². The minimum Gasteiger partial charge on any atom is -0.490 e. The molecule has 0 spiro atoms. The average molecular weight is 677 g/mol. The van der Waals surface area contributed by atoms with Gasteiger partial charge in [-0.1, -0.05) is 55.5 Å². The van der Waals surface area contributed by atoms with Gasteiger partial charge in [-0.2, -0.15) is 13.5 Å². The van der Waals surface area contributed by atoms with Crippen molar-refractivity contribution in [2.75, 3.05) is 0 Å². The van der Waals surface area contributed by atoms with E-state index in [4.69, 9.17) is 4.74 Å². The molecule has 252 valence electrons. The zero-order valence-electron chi connectivity index (χ0n) is 26.7. The third-order valence-electron chi connectivity index (χ3n) is 10.3. The van der Waals surface area contributed by atoms with Crippen molar-refractivity contribution in [2.45, 2.75) is 93.3 Å². The second-order valence-electron chi connectivity index (χ2n) is 13.7. The molecule has 1 N–H and O–H groups in total. The van der Waals surface area contributed by atoms with Gasteiger partial charge in [0.25, 0.3) is 5.92 Å². The zero-order valence-corrected chi connectivity index (χ0v) is 27.6. The Labute approximate surface area is 279 Å². The first kappa shape index (κ1) is 32.6. The minimum absolute atomic E-state index is 0.167. The molecule has 6 nitrogen and oxygen atoms in total. The van der Waals surface area contributed by atoms with Crippen LogP contribution in [0.2, 0.25) is 0 Å². The lowest BCUT2D eigenvalue weighted by Gasteiger charge is -2.41. The molecule has 2 bridgehead atoms. The molecule has 0 radical (unpaired) electrons. The largest absolute Gasteiger partial charge is 0.490 e. The van der Waals surface area contributed by atoms with E-state index in [9.17, 15) is 17.6 Å². The van der Waals surface area contributed by atoms with Crippen LogP contribution >= 0.6 is 0 Å². The monoisotopic (exact) mass is 676 g/mol.